The largest absolute Gasteiger partial charge is 0.391 e. The van der Waals surface area contributed by atoms with Crippen LogP contribution in [0.15, 0.2) is 12.1 Å². The van der Waals surface area contributed by atoms with Gasteiger partial charge in [-0.05, 0) is 6.42 Å². The average Bonchev–Trinajstić information content (AvgIpc) is 2.63. The number of nitro benzene ring substituents is 1. The predicted octanol–water partition coefficient (Wildman–Crippen LogP) is 2.47. The summed E-state index contributed by atoms with van der Waals surface area (Å²) in [5, 5.41) is 20.5. The summed E-state index contributed by atoms with van der Waals surface area (Å²) in [6.45, 7) is 1.08. The van der Waals surface area contributed by atoms with Crippen molar-refractivity contribution in [1.29, 1.82) is 0 Å². The Morgan fingerprint density at radius 2 is 2.00 bits per heavy atom. The van der Waals surface area contributed by atoms with E-state index in [1.54, 1.807) is 0 Å². The Kier molecular flexibility index (Phi) is 3.42. The van der Waals surface area contributed by atoms with E-state index >= 15 is 0 Å². The minimum Gasteiger partial charge on any atom is -0.391 e. The van der Waals surface area contributed by atoms with Gasteiger partial charge in [-0.3, -0.25) is 10.1 Å². The number of benzene rings is 1. The molecule has 0 aliphatic carbocycles. The van der Waals surface area contributed by atoms with Gasteiger partial charge in [0, 0.05) is 25.2 Å². The number of nitrogens with zero attached hydrogens (tertiary/aromatic N) is 2. The summed E-state index contributed by atoms with van der Waals surface area (Å²) >= 11 is 12.0. The van der Waals surface area contributed by atoms with E-state index in [-0.39, 0.29) is 15.7 Å². The first-order valence-corrected chi connectivity index (χ1v) is 5.81. The second-order valence-electron chi connectivity index (χ2n) is 3.90. The first-order valence-electron chi connectivity index (χ1n) is 5.05. The van der Waals surface area contributed by atoms with Gasteiger partial charge in [-0.1, -0.05) is 23.2 Å². The van der Waals surface area contributed by atoms with E-state index < -0.39 is 11.0 Å². The highest BCUT2D eigenvalue weighted by Gasteiger charge is 2.25. The summed E-state index contributed by atoms with van der Waals surface area (Å²) in [6.07, 6.45) is 0.237. The maximum absolute atomic E-state index is 10.6. The number of hydrogen-bond acceptors (Lipinski definition) is 4. The van der Waals surface area contributed by atoms with Gasteiger partial charge in [0.2, 0.25) is 0 Å². The van der Waals surface area contributed by atoms with Gasteiger partial charge in [0.25, 0.3) is 5.69 Å². The van der Waals surface area contributed by atoms with Gasteiger partial charge in [-0.2, -0.15) is 0 Å². The molecule has 1 unspecified atom stereocenters. The van der Waals surface area contributed by atoms with Crippen LogP contribution in [0.25, 0.3) is 0 Å². The maximum atomic E-state index is 10.6. The lowest BCUT2D eigenvalue weighted by Gasteiger charge is -2.20. The van der Waals surface area contributed by atoms with Gasteiger partial charge in [0.05, 0.1) is 26.8 Å². The molecule has 0 radical (unpaired) electrons. The van der Waals surface area contributed by atoms with Crippen LogP contribution in [0.2, 0.25) is 10.0 Å². The highest BCUT2D eigenvalue weighted by atomic mass is 35.5. The summed E-state index contributed by atoms with van der Waals surface area (Å²) < 4.78 is 0. The van der Waals surface area contributed by atoms with Crippen LogP contribution >= 0.6 is 23.2 Å². The van der Waals surface area contributed by atoms with Crippen LogP contribution in [-0.4, -0.2) is 29.2 Å². The molecule has 1 aromatic carbocycles. The van der Waals surface area contributed by atoms with Crippen LogP contribution in [0.3, 0.4) is 0 Å². The van der Waals surface area contributed by atoms with Crippen molar-refractivity contribution < 1.29 is 10.0 Å². The number of anilines is 1. The maximum Gasteiger partial charge on any atom is 0.272 e. The topological polar surface area (TPSA) is 66.6 Å². The van der Waals surface area contributed by atoms with E-state index in [2.05, 4.69) is 0 Å². The number of nitro groups is 1. The second-order valence-corrected chi connectivity index (χ2v) is 4.72. The Labute approximate surface area is 108 Å². The molecular weight excluding hydrogens is 267 g/mol. The van der Waals surface area contributed by atoms with E-state index in [0.717, 1.165) is 0 Å². The number of aliphatic hydroxyl groups is 1. The predicted molar refractivity (Wildman–Crippen MR) is 66.0 cm³/mol. The molecule has 0 saturated carbocycles. The summed E-state index contributed by atoms with van der Waals surface area (Å²) in [4.78, 5) is 11.9. The van der Waals surface area contributed by atoms with Gasteiger partial charge in [0.15, 0.2) is 0 Å². The molecule has 2 rings (SSSR count). The number of β-amino-alcohol motifs (C(OH)–C–C–N with tert-alkyl or cyclic N) is 1. The quantitative estimate of drug-likeness (QED) is 0.666. The first-order chi connectivity index (χ1) is 7.99. The molecule has 0 spiro atoms. The summed E-state index contributed by atoms with van der Waals surface area (Å²) in [5.74, 6) is 0. The zero-order valence-corrected chi connectivity index (χ0v) is 10.3. The third kappa shape index (κ3) is 2.46. The summed E-state index contributed by atoms with van der Waals surface area (Å²) in [7, 11) is 0. The molecule has 7 heteroatoms. The van der Waals surface area contributed by atoms with Gasteiger partial charge < -0.3 is 10.0 Å². The molecule has 1 fully saturated rings. The van der Waals surface area contributed by atoms with Crippen LogP contribution in [-0.2, 0) is 0 Å². The lowest BCUT2D eigenvalue weighted by Crippen LogP contribution is -2.21. The van der Waals surface area contributed by atoms with E-state index in [0.29, 0.717) is 25.2 Å². The lowest BCUT2D eigenvalue weighted by atomic mass is 10.2. The van der Waals surface area contributed by atoms with Crippen LogP contribution < -0.4 is 4.90 Å². The van der Waals surface area contributed by atoms with Gasteiger partial charge >= 0.3 is 0 Å². The summed E-state index contributed by atoms with van der Waals surface area (Å²) in [5.41, 5.74) is 0.416. The van der Waals surface area contributed by atoms with Crippen molar-refractivity contribution in [3.63, 3.8) is 0 Å². The second kappa shape index (κ2) is 4.68. The third-order valence-corrected chi connectivity index (χ3v) is 3.27. The molecule has 1 heterocycles. The minimum absolute atomic E-state index is 0.136. The van der Waals surface area contributed by atoms with Gasteiger partial charge in [-0.15, -0.1) is 0 Å². The molecule has 1 aromatic rings. The SMILES string of the molecule is O=[N+]([O-])c1cc(Cl)c(N2CCC(O)C2)c(Cl)c1. The Hall–Kier alpha value is -1.04. The standard InChI is InChI=1S/C10H10Cl2N2O3/c11-8-3-6(14(16)17)4-9(12)10(8)13-2-1-7(15)5-13/h3-4,7,15H,1-2,5H2. The fourth-order valence-electron chi connectivity index (χ4n) is 1.90. The van der Waals surface area contributed by atoms with Crippen molar-refractivity contribution >= 4 is 34.6 Å². The Morgan fingerprint density at radius 3 is 2.41 bits per heavy atom. The number of halogens is 2. The van der Waals surface area contributed by atoms with Crippen LogP contribution in [0.1, 0.15) is 6.42 Å². The third-order valence-electron chi connectivity index (χ3n) is 2.69. The first kappa shape index (κ1) is 12.4. The Bertz CT molecular complexity index is 444. The van der Waals surface area contributed by atoms with Crippen molar-refractivity contribution in [3.05, 3.63) is 32.3 Å². The number of rotatable bonds is 2. The Morgan fingerprint density at radius 1 is 1.41 bits per heavy atom. The molecule has 0 bridgehead atoms. The molecular formula is C10H10Cl2N2O3. The molecule has 17 heavy (non-hydrogen) atoms. The number of hydrogen-bond donors (Lipinski definition) is 1. The van der Waals surface area contributed by atoms with Crippen LogP contribution in [0.5, 0.6) is 0 Å². The summed E-state index contributed by atoms with van der Waals surface area (Å²) in [6, 6.07) is 2.54. The van der Waals surface area contributed by atoms with E-state index in [4.69, 9.17) is 23.2 Å². The van der Waals surface area contributed by atoms with Crippen molar-refractivity contribution in [3.8, 4) is 0 Å². The molecule has 0 amide bonds. The minimum atomic E-state index is -0.541. The zero-order valence-electron chi connectivity index (χ0n) is 8.77. The van der Waals surface area contributed by atoms with Crippen molar-refractivity contribution in [2.24, 2.45) is 0 Å². The van der Waals surface area contributed by atoms with E-state index in [1.807, 2.05) is 4.90 Å². The molecule has 1 N–H and O–H groups in total. The van der Waals surface area contributed by atoms with Crippen molar-refractivity contribution in [2.75, 3.05) is 18.0 Å². The molecule has 0 aromatic heterocycles. The van der Waals surface area contributed by atoms with Crippen LogP contribution in [0.4, 0.5) is 11.4 Å². The fourth-order valence-corrected chi connectivity index (χ4v) is 2.62. The highest BCUT2D eigenvalue weighted by Crippen LogP contribution is 2.38. The lowest BCUT2D eigenvalue weighted by molar-refractivity contribution is -0.384. The highest BCUT2D eigenvalue weighted by molar-refractivity contribution is 6.39. The average molecular weight is 277 g/mol. The molecule has 5 nitrogen and oxygen atoms in total. The van der Waals surface area contributed by atoms with Crippen molar-refractivity contribution in [2.45, 2.75) is 12.5 Å². The molecule has 1 aliphatic heterocycles. The number of aliphatic hydroxyl groups excluding tert-OH is 1. The van der Waals surface area contributed by atoms with E-state index in [1.165, 1.54) is 12.1 Å². The number of non-ortho nitro benzene ring substituents is 1. The molecule has 1 aliphatic rings. The fraction of sp³-hybridized carbons (Fsp3) is 0.400. The monoisotopic (exact) mass is 276 g/mol. The van der Waals surface area contributed by atoms with Crippen molar-refractivity contribution in [1.82, 2.24) is 0 Å². The van der Waals surface area contributed by atoms with Gasteiger partial charge in [-0.25, -0.2) is 0 Å². The van der Waals surface area contributed by atoms with E-state index in [9.17, 15) is 15.2 Å². The zero-order chi connectivity index (χ0) is 12.6. The molecule has 1 atom stereocenters. The van der Waals surface area contributed by atoms with Crippen LogP contribution in [0, 0.1) is 10.1 Å². The van der Waals surface area contributed by atoms with Gasteiger partial charge in [0.1, 0.15) is 0 Å². The normalized spacial score (nSPS) is 19.7. The molecule has 92 valence electrons. The molecule has 1 saturated heterocycles. The smallest absolute Gasteiger partial charge is 0.272 e. The Balaban J connectivity index is 2.38.